The van der Waals surface area contributed by atoms with Crippen LogP contribution in [0.2, 0.25) is 0 Å². The predicted octanol–water partition coefficient (Wildman–Crippen LogP) is 4.95. The van der Waals surface area contributed by atoms with Crippen LogP contribution in [0, 0.1) is 0 Å². The van der Waals surface area contributed by atoms with Crippen LogP contribution < -0.4 is 4.74 Å². The van der Waals surface area contributed by atoms with Gasteiger partial charge in [-0.3, -0.25) is 0 Å². The molecule has 0 atom stereocenters. The molecule has 2 aromatic carbocycles. The maximum absolute atomic E-state index is 12.0. The van der Waals surface area contributed by atoms with Gasteiger partial charge in [0.2, 0.25) is 5.90 Å². The molecule has 0 bridgehead atoms. The van der Waals surface area contributed by atoms with Crippen LogP contribution in [0.4, 0.5) is 0 Å². The quantitative estimate of drug-likeness (QED) is 0.488. The lowest BCUT2D eigenvalue weighted by Crippen LogP contribution is -2.04. The van der Waals surface area contributed by atoms with E-state index < -0.39 is 5.97 Å². The van der Waals surface area contributed by atoms with E-state index in [0.29, 0.717) is 12.5 Å². The standard InChI is InChI=1S/C18H13Br2NO3/c1-2-23-16-13(19)8-11(9-14(16)20)10-15-18(22)24-17(21-15)12-6-4-3-5-7-12/h3-10H,2H2,1H3/b15-10-. The molecule has 24 heavy (non-hydrogen) atoms. The molecular weight excluding hydrogens is 438 g/mol. The number of carbonyl (C=O) groups excluding carboxylic acids is 1. The molecule has 0 fully saturated rings. The third kappa shape index (κ3) is 3.60. The van der Waals surface area contributed by atoms with Gasteiger partial charge in [-0.05, 0) is 74.7 Å². The number of halogens is 2. The minimum atomic E-state index is -0.463. The Balaban J connectivity index is 1.94. The summed E-state index contributed by atoms with van der Waals surface area (Å²) in [6, 6.07) is 13.1. The summed E-state index contributed by atoms with van der Waals surface area (Å²) in [4.78, 5) is 16.3. The van der Waals surface area contributed by atoms with Crippen LogP contribution in [0.15, 0.2) is 62.1 Å². The van der Waals surface area contributed by atoms with Crippen LogP contribution in [0.25, 0.3) is 6.08 Å². The third-order valence-corrected chi connectivity index (χ3v) is 4.43. The van der Waals surface area contributed by atoms with Crippen molar-refractivity contribution < 1.29 is 14.3 Å². The smallest absolute Gasteiger partial charge is 0.363 e. The molecule has 0 saturated carbocycles. The van der Waals surface area contributed by atoms with E-state index in [9.17, 15) is 4.79 Å². The first-order chi connectivity index (χ1) is 11.6. The van der Waals surface area contributed by atoms with Crippen molar-refractivity contribution in [3.05, 3.63) is 68.2 Å². The van der Waals surface area contributed by atoms with Crippen molar-refractivity contribution in [2.24, 2.45) is 4.99 Å². The second-order valence-corrected chi connectivity index (χ2v) is 6.66. The van der Waals surface area contributed by atoms with Gasteiger partial charge in [-0.2, -0.15) is 0 Å². The number of aliphatic imine (C=N–C) groups is 1. The number of cyclic esters (lactones) is 1. The number of benzene rings is 2. The largest absolute Gasteiger partial charge is 0.492 e. The van der Waals surface area contributed by atoms with E-state index in [4.69, 9.17) is 9.47 Å². The summed E-state index contributed by atoms with van der Waals surface area (Å²) >= 11 is 6.95. The number of hydrogen-bond acceptors (Lipinski definition) is 4. The Hall–Kier alpha value is -1.92. The van der Waals surface area contributed by atoms with Crippen molar-refractivity contribution in [1.29, 1.82) is 0 Å². The monoisotopic (exact) mass is 449 g/mol. The summed E-state index contributed by atoms with van der Waals surface area (Å²) in [5.41, 5.74) is 1.84. The molecule has 0 N–H and O–H groups in total. The highest BCUT2D eigenvalue weighted by molar-refractivity contribution is 9.11. The van der Waals surface area contributed by atoms with E-state index in [-0.39, 0.29) is 5.70 Å². The van der Waals surface area contributed by atoms with Gasteiger partial charge in [0.05, 0.1) is 15.6 Å². The Kier molecular flexibility index (Phi) is 5.16. The number of hydrogen-bond donors (Lipinski definition) is 0. The zero-order chi connectivity index (χ0) is 17.1. The Morgan fingerprint density at radius 2 is 1.83 bits per heavy atom. The number of rotatable bonds is 4. The zero-order valence-electron chi connectivity index (χ0n) is 12.8. The Morgan fingerprint density at radius 3 is 2.46 bits per heavy atom. The lowest BCUT2D eigenvalue weighted by Gasteiger charge is -2.09. The summed E-state index contributed by atoms with van der Waals surface area (Å²) < 4.78 is 12.4. The molecule has 0 amide bonds. The predicted molar refractivity (Wildman–Crippen MR) is 100 cm³/mol. The number of nitrogens with zero attached hydrogens (tertiary/aromatic N) is 1. The van der Waals surface area contributed by atoms with Gasteiger partial charge < -0.3 is 9.47 Å². The lowest BCUT2D eigenvalue weighted by molar-refractivity contribution is -0.129. The van der Waals surface area contributed by atoms with Crippen molar-refractivity contribution in [2.75, 3.05) is 6.61 Å². The molecule has 0 unspecified atom stereocenters. The summed E-state index contributed by atoms with van der Waals surface area (Å²) in [6.45, 7) is 2.48. The van der Waals surface area contributed by atoms with Crippen LogP contribution in [0.5, 0.6) is 5.75 Å². The number of esters is 1. The normalized spacial score (nSPS) is 15.4. The molecule has 0 aliphatic carbocycles. The van der Waals surface area contributed by atoms with Crippen LogP contribution in [0.3, 0.4) is 0 Å². The lowest BCUT2D eigenvalue weighted by atomic mass is 10.2. The van der Waals surface area contributed by atoms with Crippen molar-refractivity contribution in [3.8, 4) is 5.75 Å². The maximum Gasteiger partial charge on any atom is 0.363 e. The average Bonchev–Trinajstić information content (AvgIpc) is 2.93. The fourth-order valence-corrected chi connectivity index (χ4v) is 3.67. The van der Waals surface area contributed by atoms with Crippen LogP contribution in [-0.4, -0.2) is 18.5 Å². The Bertz CT molecular complexity index is 822. The molecule has 1 aliphatic heterocycles. The van der Waals surface area contributed by atoms with E-state index in [1.165, 1.54) is 0 Å². The molecule has 4 nitrogen and oxygen atoms in total. The first kappa shape index (κ1) is 16.9. The molecule has 2 aromatic rings. The zero-order valence-corrected chi connectivity index (χ0v) is 15.9. The highest BCUT2D eigenvalue weighted by atomic mass is 79.9. The van der Waals surface area contributed by atoms with Crippen LogP contribution >= 0.6 is 31.9 Å². The SMILES string of the molecule is CCOc1c(Br)cc(/C=C2\N=C(c3ccccc3)OC2=O)cc1Br. The minimum absolute atomic E-state index is 0.261. The summed E-state index contributed by atoms with van der Waals surface area (Å²) in [6.07, 6.45) is 1.68. The van der Waals surface area contributed by atoms with Gasteiger partial charge in [-0.1, -0.05) is 18.2 Å². The summed E-state index contributed by atoms with van der Waals surface area (Å²) in [7, 11) is 0. The Labute approximate surface area is 156 Å². The average molecular weight is 451 g/mol. The van der Waals surface area contributed by atoms with E-state index in [0.717, 1.165) is 25.8 Å². The first-order valence-corrected chi connectivity index (χ1v) is 8.87. The highest BCUT2D eigenvalue weighted by Crippen LogP contribution is 2.35. The van der Waals surface area contributed by atoms with Gasteiger partial charge in [0.15, 0.2) is 5.70 Å². The summed E-state index contributed by atoms with van der Waals surface area (Å²) in [5.74, 6) is 0.577. The molecule has 3 rings (SSSR count). The van der Waals surface area contributed by atoms with Gasteiger partial charge in [-0.15, -0.1) is 0 Å². The number of ether oxygens (including phenoxy) is 2. The first-order valence-electron chi connectivity index (χ1n) is 7.28. The summed E-state index contributed by atoms with van der Waals surface area (Å²) in [5, 5.41) is 0. The van der Waals surface area contributed by atoms with E-state index in [2.05, 4.69) is 36.9 Å². The molecule has 122 valence electrons. The second kappa shape index (κ2) is 7.32. The second-order valence-electron chi connectivity index (χ2n) is 4.95. The van der Waals surface area contributed by atoms with E-state index >= 15 is 0 Å². The molecule has 0 spiro atoms. The van der Waals surface area contributed by atoms with Crippen molar-refractivity contribution in [1.82, 2.24) is 0 Å². The van der Waals surface area contributed by atoms with E-state index in [1.54, 1.807) is 6.08 Å². The molecule has 0 aromatic heterocycles. The van der Waals surface area contributed by atoms with Crippen LogP contribution in [-0.2, 0) is 9.53 Å². The third-order valence-electron chi connectivity index (χ3n) is 3.25. The van der Waals surface area contributed by atoms with Gasteiger partial charge in [0.1, 0.15) is 5.75 Å². The van der Waals surface area contributed by atoms with Crippen LogP contribution in [0.1, 0.15) is 18.1 Å². The molecule has 0 saturated heterocycles. The van der Waals surface area contributed by atoms with Gasteiger partial charge in [0, 0.05) is 5.56 Å². The highest BCUT2D eigenvalue weighted by Gasteiger charge is 2.24. The number of carbonyl (C=O) groups is 1. The minimum Gasteiger partial charge on any atom is -0.492 e. The van der Waals surface area contributed by atoms with Gasteiger partial charge >= 0.3 is 5.97 Å². The van der Waals surface area contributed by atoms with Crippen molar-refractivity contribution >= 4 is 49.8 Å². The van der Waals surface area contributed by atoms with Gasteiger partial charge in [-0.25, -0.2) is 9.79 Å². The fraction of sp³-hybridized carbons (Fsp3) is 0.111. The molecular formula is C18H13Br2NO3. The fourth-order valence-electron chi connectivity index (χ4n) is 2.22. The topological polar surface area (TPSA) is 47.9 Å². The van der Waals surface area contributed by atoms with E-state index in [1.807, 2.05) is 49.4 Å². The Morgan fingerprint density at radius 1 is 1.17 bits per heavy atom. The molecule has 6 heteroatoms. The molecule has 1 aliphatic rings. The maximum atomic E-state index is 12.0. The molecule has 1 heterocycles. The van der Waals surface area contributed by atoms with Crippen molar-refractivity contribution in [3.63, 3.8) is 0 Å². The van der Waals surface area contributed by atoms with Crippen molar-refractivity contribution in [2.45, 2.75) is 6.92 Å². The van der Waals surface area contributed by atoms with Gasteiger partial charge in [0.25, 0.3) is 0 Å². The molecule has 0 radical (unpaired) electrons.